The first kappa shape index (κ1) is 19.5. The molecule has 7 nitrogen and oxygen atoms in total. The van der Waals surface area contributed by atoms with Crippen LogP contribution in [0.1, 0.15) is 44.2 Å². The van der Waals surface area contributed by atoms with E-state index >= 15 is 0 Å². The van der Waals surface area contributed by atoms with E-state index in [1.807, 2.05) is 25.1 Å². The summed E-state index contributed by atoms with van der Waals surface area (Å²) in [5.74, 6) is 1.31. The smallest absolute Gasteiger partial charge is 0.315 e. The molecule has 2 aromatic rings. The molecule has 29 heavy (non-hydrogen) atoms. The fraction of sp³-hybridized carbons (Fsp3) is 0.455. The molecule has 1 fully saturated rings. The van der Waals surface area contributed by atoms with Gasteiger partial charge in [0.1, 0.15) is 17.2 Å². The van der Waals surface area contributed by atoms with Crippen molar-refractivity contribution in [2.45, 2.75) is 44.2 Å². The normalized spacial score (nSPS) is 19.8. The number of anilines is 1. The van der Waals surface area contributed by atoms with E-state index in [4.69, 9.17) is 15.2 Å². The molecule has 0 aliphatic carbocycles. The van der Waals surface area contributed by atoms with Crippen molar-refractivity contribution in [2.24, 2.45) is 0 Å². The number of nitrogens with zero attached hydrogens (tertiary/aromatic N) is 1. The molecule has 0 saturated carbocycles. The highest BCUT2D eigenvalue weighted by Crippen LogP contribution is 2.45. The Morgan fingerprint density at radius 1 is 1.24 bits per heavy atom. The minimum atomic E-state index is -0.293. The molecular formula is C22H28N4O3. The van der Waals surface area contributed by atoms with E-state index in [0.29, 0.717) is 25.6 Å². The van der Waals surface area contributed by atoms with Crippen LogP contribution in [0, 0.1) is 0 Å². The Balaban J connectivity index is 1.66. The van der Waals surface area contributed by atoms with Gasteiger partial charge in [-0.1, -0.05) is 13.0 Å². The average Bonchev–Trinajstić information content (AvgIpc) is 2.73. The van der Waals surface area contributed by atoms with Crippen LogP contribution >= 0.6 is 0 Å². The van der Waals surface area contributed by atoms with Crippen LogP contribution in [0.2, 0.25) is 0 Å². The Bertz CT molecular complexity index is 863. The molecule has 7 heteroatoms. The lowest BCUT2D eigenvalue weighted by Crippen LogP contribution is -2.49. The summed E-state index contributed by atoms with van der Waals surface area (Å²) in [6.07, 6.45) is 5.03. The zero-order valence-electron chi connectivity index (χ0n) is 16.7. The number of ether oxygens (including phenoxy) is 2. The number of carbonyl (C=O) groups excluding carboxylic acids is 1. The molecule has 4 N–H and O–H groups in total. The van der Waals surface area contributed by atoms with Crippen LogP contribution in [0.25, 0.3) is 11.1 Å². The third kappa shape index (κ3) is 4.29. The van der Waals surface area contributed by atoms with Crippen LogP contribution < -0.4 is 21.1 Å². The average molecular weight is 396 g/mol. The van der Waals surface area contributed by atoms with Crippen molar-refractivity contribution >= 4 is 11.8 Å². The summed E-state index contributed by atoms with van der Waals surface area (Å²) in [6, 6.07) is 9.57. The second-order valence-corrected chi connectivity index (χ2v) is 7.78. The summed E-state index contributed by atoms with van der Waals surface area (Å²) >= 11 is 0. The van der Waals surface area contributed by atoms with Crippen LogP contribution in [-0.2, 0) is 4.74 Å². The number of nitrogens with one attached hydrogen (secondary N) is 2. The summed E-state index contributed by atoms with van der Waals surface area (Å²) in [7, 11) is 0. The Morgan fingerprint density at radius 2 is 2.03 bits per heavy atom. The minimum absolute atomic E-state index is 0.129. The molecule has 1 atom stereocenters. The highest BCUT2D eigenvalue weighted by atomic mass is 16.5. The van der Waals surface area contributed by atoms with Crippen molar-refractivity contribution in [3.63, 3.8) is 0 Å². The van der Waals surface area contributed by atoms with Gasteiger partial charge in [-0.15, -0.1) is 0 Å². The topological polar surface area (TPSA) is 98.5 Å². The van der Waals surface area contributed by atoms with Crippen LogP contribution in [0.3, 0.4) is 0 Å². The van der Waals surface area contributed by atoms with E-state index in [2.05, 4.69) is 21.7 Å². The van der Waals surface area contributed by atoms with Gasteiger partial charge >= 0.3 is 6.03 Å². The van der Waals surface area contributed by atoms with Crippen molar-refractivity contribution in [3.05, 3.63) is 42.1 Å². The number of aromatic nitrogens is 1. The van der Waals surface area contributed by atoms with Gasteiger partial charge < -0.3 is 25.8 Å². The lowest BCUT2D eigenvalue weighted by molar-refractivity contribution is -0.0637. The zero-order valence-corrected chi connectivity index (χ0v) is 16.7. The number of hydrogen-bond donors (Lipinski definition) is 3. The van der Waals surface area contributed by atoms with Gasteiger partial charge in [-0.05, 0) is 36.2 Å². The van der Waals surface area contributed by atoms with Crippen LogP contribution in [-0.4, -0.2) is 36.4 Å². The van der Waals surface area contributed by atoms with Crippen LogP contribution in [0.15, 0.2) is 36.5 Å². The molecule has 1 saturated heterocycles. The van der Waals surface area contributed by atoms with Crippen molar-refractivity contribution in [1.82, 2.24) is 15.6 Å². The molecule has 1 aromatic carbocycles. The Hall–Kier alpha value is -2.80. The van der Waals surface area contributed by atoms with Gasteiger partial charge in [0, 0.05) is 43.1 Å². The number of carbonyl (C=O) groups is 1. The Kier molecular flexibility index (Phi) is 5.58. The van der Waals surface area contributed by atoms with E-state index in [9.17, 15) is 4.79 Å². The van der Waals surface area contributed by atoms with Gasteiger partial charge in [0.25, 0.3) is 0 Å². The summed E-state index contributed by atoms with van der Waals surface area (Å²) in [4.78, 5) is 16.6. The molecule has 1 unspecified atom stereocenters. The quantitative estimate of drug-likeness (QED) is 0.736. The second kappa shape index (κ2) is 8.29. The van der Waals surface area contributed by atoms with Crippen LogP contribution in [0.5, 0.6) is 5.75 Å². The monoisotopic (exact) mass is 396 g/mol. The van der Waals surface area contributed by atoms with Gasteiger partial charge in [0.05, 0.1) is 19.3 Å². The van der Waals surface area contributed by atoms with Gasteiger partial charge in [-0.25, -0.2) is 9.78 Å². The maximum absolute atomic E-state index is 12.4. The number of hydrogen-bond acceptors (Lipinski definition) is 5. The van der Waals surface area contributed by atoms with Gasteiger partial charge in [-0.2, -0.15) is 0 Å². The van der Waals surface area contributed by atoms with E-state index in [0.717, 1.165) is 48.1 Å². The van der Waals surface area contributed by atoms with Gasteiger partial charge in [0.2, 0.25) is 0 Å². The molecule has 0 bridgehead atoms. The van der Waals surface area contributed by atoms with Gasteiger partial charge in [0.15, 0.2) is 0 Å². The molecule has 2 aliphatic rings. The largest absolute Gasteiger partial charge is 0.487 e. The number of nitrogens with two attached hydrogens (primary N) is 1. The number of nitrogen functional groups attached to an aromatic ring is 1. The highest BCUT2D eigenvalue weighted by molar-refractivity contribution is 5.75. The summed E-state index contributed by atoms with van der Waals surface area (Å²) in [5, 5.41) is 6.08. The summed E-state index contributed by atoms with van der Waals surface area (Å²) in [5.41, 5.74) is 8.40. The Morgan fingerprint density at radius 3 is 2.76 bits per heavy atom. The van der Waals surface area contributed by atoms with E-state index in [1.54, 1.807) is 12.3 Å². The third-order valence-corrected chi connectivity index (χ3v) is 5.65. The molecule has 4 rings (SSSR count). The Labute approximate surface area is 171 Å². The van der Waals surface area contributed by atoms with E-state index in [1.165, 1.54) is 0 Å². The second-order valence-electron chi connectivity index (χ2n) is 7.78. The number of fused-ring (bicyclic) bond motifs is 1. The molecule has 2 amide bonds. The molecule has 1 aromatic heterocycles. The predicted molar refractivity (Wildman–Crippen MR) is 112 cm³/mol. The fourth-order valence-corrected chi connectivity index (χ4v) is 4.05. The first-order valence-corrected chi connectivity index (χ1v) is 10.3. The summed E-state index contributed by atoms with van der Waals surface area (Å²) in [6.45, 7) is 4.05. The number of pyridine rings is 1. The van der Waals surface area contributed by atoms with Crippen molar-refractivity contribution in [3.8, 4) is 16.9 Å². The number of urea groups is 1. The van der Waals surface area contributed by atoms with E-state index in [-0.39, 0.29) is 17.7 Å². The summed E-state index contributed by atoms with van der Waals surface area (Å²) < 4.78 is 12.0. The first-order valence-electron chi connectivity index (χ1n) is 10.3. The molecule has 0 radical (unpaired) electrons. The third-order valence-electron chi connectivity index (χ3n) is 5.65. The highest BCUT2D eigenvalue weighted by Gasteiger charge is 2.42. The number of benzene rings is 1. The maximum Gasteiger partial charge on any atom is 0.315 e. The minimum Gasteiger partial charge on any atom is -0.487 e. The standard InChI is InChI=1S/C22H28N4O3/c1-2-9-24-21(27)26-18-13-22(7-10-28-11-8-22)29-19-5-3-15(12-17(18)19)16-4-6-20(23)25-14-16/h3-6,12,14,18H,2,7-11,13H2,1H3,(H2,23,25)(H2,24,26,27). The lowest BCUT2D eigenvalue weighted by atomic mass is 9.81. The lowest BCUT2D eigenvalue weighted by Gasteiger charge is -2.44. The number of rotatable bonds is 4. The van der Waals surface area contributed by atoms with E-state index < -0.39 is 0 Å². The SMILES string of the molecule is CCCNC(=O)NC1CC2(CCOCC2)Oc2ccc(-c3ccc(N)nc3)cc21. The fourth-order valence-electron chi connectivity index (χ4n) is 4.05. The van der Waals surface area contributed by atoms with Crippen molar-refractivity contribution in [1.29, 1.82) is 0 Å². The van der Waals surface area contributed by atoms with Gasteiger partial charge in [-0.3, -0.25) is 0 Å². The number of amides is 2. The van der Waals surface area contributed by atoms with Crippen molar-refractivity contribution < 1.29 is 14.3 Å². The van der Waals surface area contributed by atoms with Crippen LogP contribution in [0.4, 0.5) is 10.6 Å². The molecular weight excluding hydrogens is 368 g/mol. The first-order chi connectivity index (χ1) is 14.1. The molecule has 1 spiro atoms. The zero-order chi connectivity index (χ0) is 20.3. The maximum atomic E-state index is 12.4. The predicted octanol–water partition coefficient (Wildman–Crippen LogP) is 3.41. The molecule has 2 aliphatic heterocycles. The van der Waals surface area contributed by atoms with Crippen molar-refractivity contribution in [2.75, 3.05) is 25.5 Å². The molecule has 3 heterocycles. The molecule has 154 valence electrons.